The zero-order valence-electron chi connectivity index (χ0n) is 13.0. The second kappa shape index (κ2) is 7.89. The van der Waals surface area contributed by atoms with E-state index >= 15 is 0 Å². The number of carbonyl (C=O) groups excluding carboxylic acids is 1. The third-order valence-electron chi connectivity index (χ3n) is 3.37. The second-order valence-electron chi connectivity index (χ2n) is 5.23. The Morgan fingerprint density at radius 2 is 2.17 bits per heavy atom. The van der Waals surface area contributed by atoms with Crippen LogP contribution in [0, 0.1) is 5.41 Å². The van der Waals surface area contributed by atoms with E-state index in [1.165, 1.54) is 0 Å². The molecule has 0 radical (unpaired) electrons. The van der Waals surface area contributed by atoms with Gasteiger partial charge in [-0.3, -0.25) is 15.2 Å². The largest absolute Gasteiger partial charge is 0.399 e. The van der Waals surface area contributed by atoms with E-state index in [2.05, 4.69) is 10.3 Å². The molecule has 0 saturated carbocycles. The number of pyridine rings is 1. The van der Waals surface area contributed by atoms with Gasteiger partial charge < -0.3 is 11.1 Å². The van der Waals surface area contributed by atoms with Gasteiger partial charge in [0.05, 0.1) is 0 Å². The highest BCUT2D eigenvalue weighted by atomic mass is 16.1. The third-order valence-corrected chi connectivity index (χ3v) is 3.37. The first kappa shape index (κ1) is 16.4. The molecule has 5 heteroatoms. The maximum Gasteiger partial charge on any atom is 0.269 e. The Bertz CT molecular complexity index is 723. The summed E-state index contributed by atoms with van der Waals surface area (Å²) in [5, 5.41) is 10.6. The molecule has 23 heavy (non-hydrogen) atoms. The third kappa shape index (κ3) is 5.07. The smallest absolute Gasteiger partial charge is 0.269 e. The molecule has 2 aromatic rings. The maximum atomic E-state index is 11.9. The number of nitrogens with two attached hydrogens (primary N) is 1. The van der Waals surface area contributed by atoms with Crippen molar-refractivity contribution in [3.63, 3.8) is 0 Å². The van der Waals surface area contributed by atoms with Gasteiger partial charge in [-0.2, -0.15) is 0 Å². The number of hydrogen-bond donors (Lipinski definition) is 3. The van der Waals surface area contributed by atoms with Crippen molar-refractivity contribution in [2.45, 2.75) is 13.3 Å². The first-order valence-corrected chi connectivity index (χ1v) is 7.36. The number of nitrogen functional groups attached to an aromatic ring is 1. The van der Waals surface area contributed by atoms with Crippen LogP contribution in [0.15, 0.2) is 54.9 Å². The molecular formula is C18H20N4O. The predicted octanol–water partition coefficient (Wildman–Crippen LogP) is 2.45. The van der Waals surface area contributed by atoms with Gasteiger partial charge in [-0.05, 0) is 54.3 Å². The van der Waals surface area contributed by atoms with Crippen LogP contribution in [0.25, 0.3) is 5.57 Å². The summed E-state index contributed by atoms with van der Waals surface area (Å²) in [6, 6.07) is 11.2. The van der Waals surface area contributed by atoms with Gasteiger partial charge in [0.15, 0.2) is 0 Å². The van der Waals surface area contributed by atoms with Crippen LogP contribution in [0.5, 0.6) is 0 Å². The monoisotopic (exact) mass is 308 g/mol. The quantitative estimate of drug-likeness (QED) is 0.565. The molecular weight excluding hydrogens is 288 g/mol. The van der Waals surface area contributed by atoms with Crippen molar-refractivity contribution in [3.8, 4) is 0 Å². The van der Waals surface area contributed by atoms with Crippen molar-refractivity contribution in [2.24, 2.45) is 0 Å². The average molecular weight is 308 g/mol. The molecule has 1 aromatic carbocycles. The maximum absolute atomic E-state index is 11.9. The van der Waals surface area contributed by atoms with Gasteiger partial charge >= 0.3 is 0 Å². The summed E-state index contributed by atoms with van der Waals surface area (Å²) >= 11 is 0. The zero-order valence-corrected chi connectivity index (χ0v) is 13.0. The summed E-state index contributed by atoms with van der Waals surface area (Å²) in [7, 11) is 0. The average Bonchev–Trinajstić information content (AvgIpc) is 2.55. The highest BCUT2D eigenvalue weighted by Crippen LogP contribution is 2.16. The molecule has 0 fully saturated rings. The molecule has 0 bridgehead atoms. The van der Waals surface area contributed by atoms with E-state index in [9.17, 15) is 4.79 Å². The second-order valence-corrected chi connectivity index (χ2v) is 5.23. The molecule has 0 aliphatic carbocycles. The minimum atomic E-state index is -0.392. The number of nitrogens with zero attached hydrogens (tertiary/aromatic N) is 1. The lowest BCUT2D eigenvalue weighted by molar-refractivity contribution is -0.114. The number of benzene rings is 1. The van der Waals surface area contributed by atoms with Gasteiger partial charge in [-0.15, -0.1) is 0 Å². The van der Waals surface area contributed by atoms with Gasteiger partial charge in [-0.1, -0.05) is 18.2 Å². The number of allylic oxidation sites excluding steroid dienone is 1. The SMILES string of the molecule is C/C(=C\C(=N)C(=O)NCCc1cccnc1)c1cccc(N)c1. The van der Waals surface area contributed by atoms with Gasteiger partial charge in [0.1, 0.15) is 5.71 Å². The summed E-state index contributed by atoms with van der Waals surface area (Å²) in [5.41, 5.74) is 9.10. The standard InChI is InChI=1S/C18H20N4O/c1-13(15-5-2-6-16(19)11-15)10-17(20)18(23)22-9-7-14-4-3-8-21-12-14/h2-6,8,10-12,20H,7,9,19H2,1H3,(H,22,23)/b13-10+,20-17?. The van der Waals surface area contributed by atoms with Gasteiger partial charge in [0.25, 0.3) is 5.91 Å². The fourth-order valence-electron chi connectivity index (χ4n) is 2.11. The molecule has 4 N–H and O–H groups in total. The summed E-state index contributed by atoms with van der Waals surface area (Å²) in [6.45, 7) is 2.32. The van der Waals surface area contributed by atoms with E-state index < -0.39 is 5.91 Å². The molecule has 1 heterocycles. The summed E-state index contributed by atoms with van der Waals surface area (Å²) in [6.07, 6.45) is 5.71. The molecule has 0 aliphatic rings. The van der Waals surface area contributed by atoms with Crippen molar-refractivity contribution >= 4 is 22.9 Å². The first-order chi connectivity index (χ1) is 11.1. The van der Waals surface area contributed by atoms with E-state index in [0.717, 1.165) is 16.7 Å². The van der Waals surface area contributed by atoms with Crippen molar-refractivity contribution < 1.29 is 4.79 Å². The first-order valence-electron chi connectivity index (χ1n) is 7.36. The summed E-state index contributed by atoms with van der Waals surface area (Å²) in [5.74, 6) is -0.392. The highest BCUT2D eigenvalue weighted by Gasteiger charge is 2.07. The topological polar surface area (TPSA) is 91.9 Å². The summed E-state index contributed by atoms with van der Waals surface area (Å²) in [4.78, 5) is 16.0. The Labute approximate surface area is 135 Å². The van der Waals surface area contributed by atoms with E-state index in [-0.39, 0.29) is 5.71 Å². The van der Waals surface area contributed by atoms with E-state index in [4.69, 9.17) is 11.1 Å². The van der Waals surface area contributed by atoms with Gasteiger partial charge in [-0.25, -0.2) is 0 Å². The van der Waals surface area contributed by atoms with Crippen LogP contribution in [0.2, 0.25) is 0 Å². The number of nitrogens with one attached hydrogen (secondary N) is 2. The van der Waals surface area contributed by atoms with E-state index in [1.807, 2.05) is 37.3 Å². The van der Waals surface area contributed by atoms with Crippen molar-refractivity contribution in [1.82, 2.24) is 10.3 Å². The highest BCUT2D eigenvalue weighted by molar-refractivity contribution is 6.43. The van der Waals surface area contributed by atoms with Gasteiger partial charge in [0, 0.05) is 24.6 Å². The molecule has 0 spiro atoms. The van der Waals surface area contributed by atoms with Crippen molar-refractivity contribution in [2.75, 3.05) is 12.3 Å². The minimum absolute atomic E-state index is 0.0730. The van der Waals surface area contributed by atoms with Crippen molar-refractivity contribution in [3.05, 3.63) is 66.0 Å². The van der Waals surface area contributed by atoms with Crippen LogP contribution in [0.1, 0.15) is 18.1 Å². The normalized spacial score (nSPS) is 11.1. The van der Waals surface area contributed by atoms with Gasteiger partial charge in [0.2, 0.25) is 0 Å². The molecule has 118 valence electrons. The number of carbonyl (C=O) groups is 1. The molecule has 1 amide bonds. The lowest BCUT2D eigenvalue weighted by atomic mass is 10.1. The number of rotatable bonds is 6. The van der Waals surface area contributed by atoms with Crippen LogP contribution in [-0.4, -0.2) is 23.1 Å². The molecule has 0 aliphatic heterocycles. The lowest BCUT2D eigenvalue weighted by Gasteiger charge is -2.06. The Balaban J connectivity index is 1.89. The van der Waals surface area contributed by atoms with Crippen LogP contribution >= 0.6 is 0 Å². The zero-order chi connectivity index (χ0) is 16.7. The number of anilines is 1. The molecule has 5 nitrogen and oxygen atoms in total. The fraction of sp³-hybridized carbons (Fsp3) is 0.167. The Hall–Kier alpha value is -2.95. The van der Waals surface area contributed by atoms with Crippen LogP contribution in [-0.2, 0) is 11.2 Å². The Kier molecular flexibility index (Phi) is 5.63. The summed E-state index contributed by atoms with van der Waals surface area (Å²) < 4.78 is 0. The number of aromatic nitrogens is 1. The van der Waals surface area contributed by atoms with E-state index in [0.29, 0.717) is 18.7 Å². The number of amides is 1. The molecule has 2 rings (SSSR count). The van der Waals surface area contributed by atoms with Crippen LogP contribution < -0.4 is 11.1 Å². The Morgan fingerprint density at radius 1 is 1.35 bits per heavy atom. The lowest BCUT2D eigenvalue weighted by Crippen LogP contribution is -2.31. The van der Waals surface area contributed by atoms with E-state index in [1.54, 1.807) is 24.5 Å². The molecule has 0 unspecified atom stereocenters. The van der Waals surface area contributed by atoms with Crippen LogP contribution in [0.3, 0.4) is 0 Å². The fourth-order valence-corrected chi connectivity index (χ4v) is 2.11. The molecule has 1 aromatic heterocycles. The Morgan fingerprint density at radius 3 is 2.87 bits per heavy atom. The molecule has 0 atom stereocenters. The van der Waals surface area contributed by atoms with Crippen molar-refractivity contribution in [1.29, 1.82) is 5.41 Å². The molecule has 0 saturated heterocycles. The predicted molar refractivity (Wildman–Crippen MR) is 93.2 cm³/mol. The number of hydrogen-bond acceptors (Lipinski definition) is 4. The van der Waals surface area contributed by atoms with Crippen LogP contribution in [0.4, 0.5) is 5.69 Å². The minimum Gasteiger partial charge on any atom is -0.399 e.